The average molecular weight is 356 g/mol. The molecule has 4 nitrogen and oxygen atoms in total. The van der Waals surface area contributed by atoms with E-state index in [1.807, 2.05) is 6.07 Å². The second kappa shape index (κ2) is 6.39. The van der Waals surface area contributed by atoms with Crippen LogP contribution in [0.4, 0.5) is 5.69 Å². The first-order valence-corrected chi connectivity index (χ1v) is 8.38. The van der Waals surface area contributed by atoms with Crippen molar-refractivity contribution < 1.29 is 13.5 Å². The van der Waals surface area contributed by atoms with Crippen LogP contribution in [-0.2, 0) is 22.4 Å². The van der Waals surface area contributed by atoms with Crippen LogP contribution < -0.4 is 4.72 Å². The van der Waals surface area contributed by atoms with E-state index < -0.39 is 10.0 Å². The lowest BCUT2D eigenvalue weighted by Crippen LogP contribution is -2.15. The van der Waals surface area contributed by atoms with Crippen LogP contribution in [0.2, 0.25) is 0 Å². The zero-order valence-electron chi connectivity index (χ0n) is 10.6. The van der Waals surface area contributed by atoms with E-state index in [1.54, 1.807) is 42.5 Å². The Morgan fingerprint density at radius 3 is 2.45 bits per heavy atom. The van der Waals surface area contributed by atoms with E-state index in [0.29, 0.717) is 21.3 Å². The molecular formula is C14H14BrNO3S. The highest BCUT2D eigenvalue weighted by Gasteiger charge is 2.13. The molecule has 0 aliphatic rings. The van der Waals surface area contributed by atoms with E-state index in [1.165, 1.54) is 0 Å². The smallest absolute Gasteiger partial charge is 0.236 e. The van der Waals surface area contributed by atoms with Crippen molar-refractivity contribution >= 4 is 31.6 Å². The Morgan fingerprint density at radius 2 is 1.75 bits per heavy atom. The van der Waals surface area contributed by atoms with Crippen molar-refractivity contribution in [2.24, 2.45) is 0 Å². The number of benzene rings is 2. The third-order valence-corrected chi connectivity index (χ3v) is 4.61. The number of nitrogens with one attached hydrogen (secondary N) is 1. The van der Waals surface area contributed by atoms with Crippen LogP contribution in [0.15, 0.2) is 53.0 Å². The zero-order valence-corrected chi connectivity index (χ0v) is 13.0. The van der Waals surface area contributed by atoms with Gasteiger partial charge in [0, 0.05) is 4.47 Å². The molecule has 0 amide bonds. The molecule has 6 heteroatoms. The lowest BCUT2D eigenvalue weighted by atomic mass is 10.1. The fourth-order valence-electron chi connectivity index (χ4n) is 1.78. The predicted molar refractivity (Wildman–Crippen MR) is 82.8 cm³/mol. The molecule has 0 saturated carbocycles. The number of rotatable bonds is 5. The molecule has 0 unspecified atom stereocenters. The van der Waals surface area contributed by atoms with Gasteiger partial charge in [-0.3, -0.25) is 4.72 Å². The van der Waals surface area contributed by atoms with E-state index in [9.17, 15) is 8.42 Å². The van der Waals surface area contributed by atoms with Crippen LogP contribution >= 0.6 is 15.9 Å². The lowest BCUT2D eigenvalue weighted by molar-refractivity contribution is 0.282. The van der Waals surface area contributed by atoms with Crippen LogP contribution in [0.25, 0.3) is 0 Å². The highest BCUT2D eigenvalue weighted by molar-refractivity contribution is 9.10. The maximum absolute atomic E-state index is 12.1. The SMILES string of the molecule is O=S(=O)(Cc1cccc(CO)c1)Nc1ccccc1Br. The number of aliphatic hydroxyl groups is 1. The molecule has 0 atom stereocenters. The lowest BCUT2D eigenvalue weighted by Gasteiger charge is -2.10. The summed E-state index contributed by atoms with van der Waals surface area (Å²) in [4.78, 5) is 0. The van der Waals surface area contributed by atoms with Gasteiger partial charge in [-0.25, -0.2) is 8.42 Å². The van der Waals surface area contributed by atoms with Crippen LogP contribution in [0.3, 0.4) is 0 Å². The maximum Gasteiger partial charge on any atom is 0.236 e. The Hall–Kier alpha value is -1.37. The van der Waals surface area contributed by atoms with Gasteiger partial charge in [0.2, 0.25) is 10.0 Å². The summed E-state index contributed by atoms with van der Waals surface area (Å²) in [7, 11) is -3.50. The molecule has 2 N–H and O–H groups in total. The average Bonchev–Trinajstić information content (AvgIpc) is 2.41. The van der Waals surface area contributed by atoms with Crippen LogP contribution in [0, 0.1) is 0 Å². The molecule has 0 heterocycles. The van der Waals surface area contributed by atoms with Crippen LogP contribution in [-0.4, -0.2) is 13.5 Å². The molecule has 0 saturated heterocycles. The minimum absolute atomic E-state index is 0.106. The molecule has 0 radical (unpaired) electrons. The molecule has 0 spiro atoms. The van der Waals surface area contributed by atoms with Crippen LogP contribution in [0.1, 0.15) is 11.1 Å². The van der Waals surface area contributed by atoms with Gasteiger partial charge in [0.15, 0.2) is 0 Å². The molecule has 106 valence electrons. The van der Waals surface area contributed by atoms with Crippen molar-refractivity contribution in [2.75, 3.05) is 4.72 Å². The summed E-state index contributed by atoms with van der Waals surface area (Å²) in [5, 5.41) is 9.06. The van der Waals surface area contributed by atoms with Gasteiger partial charge < -0.3 is 5.11 Å². The number of halogens is 1. The highest BCUT2D eigenvalue weighted by atomic mass is 79.9. The minimum Gasteiger partial charge on any atom is -0.392 e. The minimum atomic E-state index is -3.50. The quantitative estimate of drug-likeness (QED) is 0.866. The van der Waals surface area contributed by atoms with E-state index in [2.05, 4.69) is 20.7 Å². The largest absolute Gasteiger partial charge is 0.392 e. The first-order valence-electron chi connectivity index (χ1n) is 5.94. The number of hydrogen-bond donors (Lipinski definition) is 2. The number of hydrogen-bond acceptors (Lipinski definition) is 3. The number of aliphatic hydroxyl groups excluding tert-OH is 1. The number of sulfonamides is 1. The summed E-state index contributed by atoms with van der Waals surface area (Å²) in [6.45, 7) is -0.106. The Labute approximate surface area is 126 Å². The van der Waals surface area contributed by atoms with E-state index >= 15 is 0 Å². The van der Waals surface area contributed by atoms with Gasteiger partial charge in [0.25, 0.3) is 0 Å². The third kappa shape index (κ3) is 4.06. The molecule has 20 heavy (non-hydrogen) atoms. The standard InChI is InChI=1S/C14H14BrNO3S/c15-13-6-1-2-7-14(13)16-20(18,19)10-12-5-3-4-11(8-12)9-17/h1-8,16-17H,9-10H2. The van der Waals surface area contributed by atoms with Crippen molar-refractivity contribution in [1.82, 2.24) is 0 Å². The molecule has 0 fully saturated rings. The second-order valence-electron chi connectivity index (χ2n) is 4.32. The topological polar surface area (TPSA) is 66.4 Å². The molecular weight excluding hydrogens is 342 g/mol. The van der Waals surface area contributed by atoms with Gasteiger partial charge in [-0.2, -0.15) is 0 Å². The highest BCUT2D eigenvalue weighted by Crippen LogP contribution is 2.23. The van der Waals surface area contributed by atoms with E-state index in [-0.39, 0.29) is 12.4 Å². The predicted octanol–water partition coefficient (Wildman–Crippen LogP) is 2.88. The Kier molecular flexibility index (Phi) is 4.80. The molecule has 0 aliphatic carbocycles. The van der Waals surface area contributed by atoms with E-state index in [0.717, 1.165) is 0 Å². The van der Waals surface area contributed by atoms with Gasteiger partial charge in [0.05, 0.1) is 18.0 Å². The molecule has 2 aromatic rings. The third-order valence-electron chi connectivity index (χ3n) is 2.67. The number of para-hydroxylation sites is 1. The van der Waals surface area contributed by atoms with Gasteiger partial charge in [-0.15, -0.1) is 0 Å². The molecule has 2 aromatic carbocycles. The normalized spacial score (nSPS) is 11.3. The number of anilines is 1. The fraction of sp³-hybridized carbons (Fsp3) is 0.143. The molecule has 0 aromatic heterocycles. The van der Waals surface area contributed by atoms with Gasteiger partial charge in [-0.05, 0) is 39.2 Å². The summed E-state index contributed by atoms with van der Waals surface area (Å²) >= 11 is 3.30. The Bertz CT molecular complexity index is 701. The Balaban J connectivity index is 2.17. The molecule has 2 rings (SSSR count). The summed E-state index contributed by atoms with van der Waals surface area (Å²) in [6.07, 6.45) is 0. The fourth-order valence-corrected chi connectivity index (χ4v) is 3.50. The van der Waals surface area contributed by atoms with Gasteiger partial charge in [-0.1, -0.05) is 36.4 Å². The van der Waals surface area contributed by atoms with Gasteiger partial charge >= 0.3 is 0 Å². The van der Waals surface area contributed by atoms with Gasteiger partial charge in [0.1, 0.15) is 0 Å². The molecule has 0 aliphatic heterocycles. The van der Waals surface area contributed by atoms with Crippen molar-refractivity contribution in [3.63, 3.8) is 0 Å². The van der Waals surface area contributed by atoms with Crippen molar-refractivity contribution in [3.8, 4) is 0 Å². The van der Waals surface area contributed by atoms with Crippen molar-refractivity contribution in [2.45, 2.75) is 12.4 Å². The van der Waals surface area contributed by atoms with Crippen molar-refractivity contribution in [3.05, 3.63) is 64.1 Å². The maximum atomic E-state index is 12.1. The summed E-state index contributed by atoms with van der Waals surface area (Å²) in [5.41, 5.74) is 1.83. The van der Waals surface area contributed by atoms with Crippen LogP contribution in [0.5, 0.6) is 0 Å². The Morgan fingerprint density at radius 1 is 1.05 bits per heavy atom. The van der Waals surface area contributed by atoms with Crippen molar-refractivity contribution in [1.29, 1.82) is 0 Å². The summed E-state index contributed by atoms with van der Waals surface area (Å²) in [5.74, 6) is -0.137. The van der Waals surface area contributed by atoms with E-state index in [4.69, 9.17) is 5.11 Å². The zero-order chi connectivity index (χ0) is 14.6. The molecule has 0 bridgehead atoms. The first-order chi connectivity index (χ1) is 9.50. The first kappa shape index (κ1) is 15.0. The second-order valence-corrected chi connectivity index (χ2v) is 6.90. The summed E-state index contributed by atoms with van der Waals surface area (Å²) in [6, 6.07) is 13.9. The monoisotopic (exact) mass is 355 g/mol. The summed E-state index contributed by atoms with van der Waals surface area (Å²) < 4.78 is 27.5.